The molecule has 0 aliphatic rings. The van der Waals surface area contributed by atoms with E-state index in [1.54, 1.807) is 36.5 Å². The maximum Gasteiger partial charge on any atom is 0.354 e. The molecule has 0 fully saturated rings. The fraction of sp³-hybridized carbons (Fsp3) is 0.294. The number of carbonyl (C=O) groups is 1. The van der Waals surface area contributed by atoms with Gasteiger partial charge in [0.25, 0.3) is 0 Å². The summed E-state index contributed by atoms with van der Waals surface area (Å²) >= 11 is 4.24. The van der Waals surface area contributed by atoms with E-state index in [2.05, 4.69) is 47.2 Å². The van der Waals surface area contributed by atoms with Crippen LogP contribution in [0.4, 0.5) is 0 Å². The average Bonchev–Trinajstić information content (AvgIpc) is 2.68. The van der Waals surface area contributed by atoms with Crippen molar-refractivity contribution in [1.82, 2.24) is 9.97 Å². The number of carboxylic acid groups (broad SMARTS) is 1. The molecule has 0 radical (unpaired) electrons. The molecule has 134 valence electrons. The minimum Gasteiger partial charge on any atom is -0.477 e. The van der Waals surface area contributed by atoms with Crippen molar-refractivity contribution < 1.29 is 9.90 Å². The summed E-state index contributed by atoms with van der Waals surface area (Å²) in [6, 6.07) is 11.9. The molecule has 0 aliphatic carbocycles. The molecule has 0 aromatic carbocycles. The van der Waals surface area contributed by atoms with Crippen LogP contribution in [0.5, 0.6) is 0 Å². The van der Waals surface area contributed by atoms with E-state index >= 15 is 0 Å². The first-order valence-corrected chi connectivity index (χ1v) is 13.1. The zero-order valence-corrected chi connectivity index (χ0v) is 17.9. The second-order valence-corrected chi connectivity index (χ2v) is 2.85. The molecule has 0 unspecified atom stereocenters. The molecule has 2 aromatic heterocycles. The Morgan fingerprint density at radius 3 is 1.67 bits per heavy atom. The Morgan fingerprint density at radius 2 is 1.46 bits per heavy atom. The summed E-state index contributed by atoms with van der Waals surface area (Å²) in [5, 5.41) is 16.5. The predicted molar refractivity (Wildman–Crippen MR) is 118 cm³/mol. The summed E-state index contributed by atoms with van der Waals surface area (Å²) in [6.45, 7) is 8.00. The first-order chi connectivity index (χ1) is 11.2. The van der Waals surface area contributed by atoms with Gasteiger partial charge < -0.3 is 5.11 Å². The van der Waals surface area contributed by atoms with Crippen LogP contribution in [0, 0.1) is 11.3 Å². The molecule has 24 heavy (non-hydrogen) atoms. The first kappa shape index (κ1) is 30.6. The molecule has 0 saturated carbocycles. The van der Waals surface area contributed by atoms with Crippen molar-refractivity contribution in [1.29, 1.82) is 5.26 Å². The van der Waals surface area contributed by atoms with E-state index in [0.29, 0.717) is 5.69 Å². The maximum atomic E-state index is 10.1. The van der Waals surface area contributed by atoms with Crippen molar-refractivity contribution in [3.63, 3.8) is 0 Å². The van der Waals surface area contributed by atoms with Gasteiger partial charge in [-0.15, -0.1) is 0 Å². The number of aromatic carboxylic acids is 1. The van der Waals surface area contributed by atoms with Crippen LogP contribution in [0.3, 0.4) is 0 Å². The van der Waals surface area contributed by atoms with Gasteiger partial charge in [0.05, 0.1) is 0 Å². The lowest BCUT2D eigenvalue weighted by molar-refractivity contribution is 0.0690. The van der Waals surface area contributed by atoms with Gasteiger partial charge in [-0.3, -0.25) is 0 Å². The number of aromatic nitrogens is 2. The summed E-state index contributed by atoms with van der Waals surface area (Å²) in [7, 11) is 0. The summed E-state index contributed by atoms with van der Waals surface area (Å²) in [5.74, 6) is -0.990. The number of rotatable bonds is 1. The van der Waals surface area contributed by atoms with E-state index in [-0.39, 0.29) is 13.1 Å². The van der Waals surface area contributed by atoms with Gasteiger partial charge in [-0.1, -0.05) is 47.3 Å². The topological polar surface area (TPSA) is 86.9 Å². The third-order valence-electron chi connectivity index (χ3n) is 1.66. The van der Waals surface area contributed by atoms with Crippen molar-refractivity contribution in [2.24, 2.45) is 0 Å². The monoisotopic (exact) mass is 557 g/mol. The summed E-state index contributed by atoms with van der Waals surface area (Å²) in [6.07, 6.45) is 3.04. The van der Waals surface area contributed by atoms with Gasteiger partial charge in [-0.25, -0.2) is 14.8 Å². The Bertz CT molecular complexity index is 518. The number of carboxylic acids is 1. The Balaban J connectivity index is -0.000000124. The number of hydrogen-bond acceptors (Lipinski definition) is 4. The second-order valence-electron chi connectivity index (χ2n) is 2.85. The third kappa shape index (κ3) is 18.8. The molecule has 0 bridgehead atoms. The van der Waals surface area contributed by atoms with E-state index in [1.807, 2.05) is 33.8 Å². The molecule has 2 rings (SSSR count). The maximum absolute atomic E-state index is 10.1. The predicted octanol–water partition coefficient (Wildman–Crippen LogP) is 6.19. The molecular formula is C17H25I2N3O2. The van der Waals surface area contributed by atoms with E-state index < -0.39 is 5.97 Å². The molecular weight excluding hydrogens is 532 g/mol. The second kappa shape index (κ2) is 26.6. The average molecular weight is 557 g/mol. The third-order valence-corrected chi connectivity index (χ3v) is 1.66. The van der Waals surface area contributed by atoms with Crippen LogP contribution >= 0.6 is 37.2 Å². The fourth-order valence-corrected chi connectivity index (χ4v) is 0.918. The lowest BCUT2D eigenvalue weighted by atomic mass is 10.4. The minimum atomic E-state index is -0.990. The van der Waals surface area contributed by atoms with Gasteiger partial charge in [-0.05, 0) is 24.3 Å². The Hall–Kier alpha value is -1.28. The summed E-state index contributed by atoms with van der Waals surface area (Å²) in [5.41, 5.74) is 0.546. The molecule has 2 heterocycles. The van der Waals surface area contributed by atoms with Gasteiger partial charge >= 0.3 is 5.97 Å². The molecule has 2 aromatic rings. The molecule has 0 spiro atoms. The number of halogens is 2. The van der Waals surface area contributed by atoms with Crippen LogP contribution in [0.2, 0.25) is 0 Å². The molecule has 0 aliphatic heterocycles. The zero-order chi connectivity index (χ0) is 18.5. The highest BCUT2D eigenvalue weighted by atomic mass is 128. The highest BCUT2D eigenvalue weighted by molar-refractivity contribution is 15.0. The standard InChI is InChI=1S/C6H4N2.C6H5NO2.2C2H6.CH4.I2/c7-5-6-3-1-2-4-8-6;8-6(9)5-3-1-2-4-7-5;2*1-2;;1-2/h1-4H;1-4H,(H,8,9);2*1-2H3;1H4;. The molecule has 0 amide bonds. The van der Waals surface area contributed by atoms with Gasteiger partial charge in [0.1, 0.15) is 17.5 Å². The van der Waals surface area contributed by atoms with Gasteiger partial charge in [0, 0.05) is 49.6 Å². The Morgan fingerprint density at radius 1 is 1.00 bits per heavy atom. The molecule has 7 heteroatoms. The minimum absolute atomic E-state index is 0. The summed E-state index contributed by atoms with van der Waals surface area (Å²) in [4.78, 5) is 17.5. The first-order valence-electron chi connectivity index (χ1n) is 6.84. The van der Waals surface area contributed by atoms with Crippen molar-refractivity contribution in [3.8, 4) is 6.07 Å². The molecule has 1 N–H and O–H groups in total. The van der Waals surface area contributed by atoms with Crippen molar-refractivity contribution in [3.05, 3.63) is 60.2 Å². The van der Waals surface area contributed by atoms with Gasteiger partial charge in [0.2, 0.25) is 0 Å². The summed E-state index contributed by atoms with van der Waals surface area (Å²) < 4.78 is 0. The molecule has 0 atom stereocenters. The van der Waals surface area contributed by atoms with Crippen LogP contribution in [0.1, 0.15) is 51.3 Å². The van der Waals surface area contributed by atoms with E-state index in [1.165, 1.54) is 12.3 Å². The lowest BCUT2D eigenvalue weighted by Crippen LogP contribution is -1.97. The van der Waals surface area contributed by atoms with Gasteiger partial charge in [-0.2, -0.15) is 5.26 Å². The highest BCUT2D eigenvalue weighted by Crippen LogP contribution is 1.90. The quantitative estimate of drug-likeness (QED) is 0.423. The Kier molecular flexibility index (Phi) is 33.9. The SMILES string of the molecule is C.CC.CC.II.N#Cc1ccccn1.O=C(O)c1ccccn1. The largest absolute Gasteiger partial charge is 0.477 e. The van der Waals surface area contributed by atoms with Crippen LogP contribution in [-0.4, -0.2) is 21.0 Å². The smallest absolute Gasteiger partial charge is 0.354 e. The number of hydrogen-bond donors (Lipinski definition) is 1. The molecule has 0 saturated heterocycles. The number of nitriles is 1. The van der Waals surface area contributed by atoms with Gasteiger partial charge in [0.15, 0.2) is 0 Å². The number of pyridine rings is 2. The highest BCUT2D eigenvalue weighted by Gasteiger charge is 1.98. The Labute approximate surface area is 168 Å². The van der Waals surface area contributed by atoms with Crippen molar-refractivity contribution in [2.75, 3.05) is 0 Å². The normalized spacial score (nSPS) is 6.71. The number of nitrogens with zero attached hydrogens (tertiary/aromatic N) is 3. The lowest BCUT2D eigenvalue weighted by Gasteiger charge is -1.87. The van der Waals surface area contributed by atoms with Crippen LogP contribution in [-0.2, 0) is 0 Å². The van der Waals surface area contributed by atoms with Crippen molar-refractivity contribution in [2.45, 2.75) is 35.1 Å². The van der Waals surface area contributed by atoms with Crippen LogP contribution in [0.15, 0.2) is 48.8 Å². The molecule has 5 nitrogen and oxygen atoms in total. The van der Waals surface area contributed by atoms with Crippen LogP contribution < -0.4 is 0 Å². The zero-order valence-electron chi connectivity index (χ0n) is 13.6. The van der Waals surface area contributed by atoms with E-state index in [0.717, 1.165) is 0 Å². The van der Waals surface area contributed by atoms with Crippen LogP contribution in [0.25, 0.3) is 0 Å². The van der Waals surface area contributed by atoms with Crippen molar-refractivity contribution >= 4 is 43.2 Å². The van der Waals surface area contributed by atoms with E-state index in [4.69, 9.17) is 10.4 Å². The van der Waals surface area contributed by atoms with E-state index in [9.17, 15) is 4.79 Å². The fourth-order valence-electron chi connectivity index (χ4n) is 0.918.